The van der Waals surface area contributed by atoms with Crippen molar-refractivity contribution in [2.24, 2.45) is 0 Å². The zero-order chi connectivity index (χ0) is 13.2. The molecular formula is C14H14N4S. The van der Waals surface area contributed by atoms with Gasteiger partial charge in [-0.2, -0.15) is 5.26 Å². The normalized spacial score (nSPS) is 14.1. The lowest BCUT2D eigenvalue weighted by molar-refractivity contribution is 0.788. The van der Waals surface area contributed by atoms with Gasteiger partial charge in [-0.3, -0.25) is 0 Å². The van der Waals surface area contributed by atoms with Crippen molar-refractivity contribution in [1.82, 2.24) is 4.98 Å². The highest BCUT2D eigenvalue weighted by atomic mass is 32.1. The second kappa shape index (κ2) is 4.90. The molecule has 5 heteroatoms. The summed E-state index contributed by atoms with van der Waals surface area (Å²) in [6, 6.07) is 8.45. The molecule has 0 radical (unpaired) electrons. The van der Waals surface area contributed by atoms with Gasteiger partial charge in [-0.05, 0) is 30.4 Å². The number of hydrogen-bond donors (Lipinski definition) is 1. The fraction of sp³-hybridized carbons (Fsp3) is 0.286. The lowest BCUT2D eigenvalue weighted by atomic mass is 10.2. The summed E-state index contributed by atoms with van der Waals surface area (Å²) in [5.41, 5.74) is 7.06. The zero-order valence-electron chi connectivity index (χ0n) is 10.4. The predicted octanol–water partition coefficient (Wildman–Crippen LogP) is 2.77. The molecule has 2 aromatic heterocycles. The third-order valence-electron chi connectivity index (χ3n) is 3.26. The molecule has 0 unspecified atom stereocenters. The first kappa shape index (κ1) is 12.0. The zero-order valence-corrected chi connectivity index (χ0v) is 11.2. The van der Waals surface area contributed by atoms with E-state index >= 15 is 0 Å². The van der Waals surface area contributed by atoms with E-state index in [0.717, 1.165) is 12.4 Å². The van der Waals surface area contributed by atoms with Crippen LogP contribution in [0.3, 0.4) is 0 Å². The van der Waals surface area contributed by atoms with Crippen molar-refractivity contribution in [1.29, 1.82) is 5.26 Å². The van der Waals surface area contributed by atoms with Crippen LogP contribution in [0.2, 0.25) is 0 Å². The van der Waals surface area contributed by atoms with Gasteiger partial charge in [-0.15, -0.1) is 11.3 Å². The molecule has 0 spiro atoms. The molecule has 2 N–H and O–H groups in total. The minimum Gasteiger partial charge on any atom is -0.395 e. The number of nitrogens with two attached hydrogens (primary N) is 1. The third kappa shape index (κ3) is 2.40. The molecule has 0 aliphatic heterocycles. The highest BCUT2D eigenvalue weighted by molar-refractivity contribution is 7.09. The Morgan fingerprint density at radius 1 is 1.47 bits per heavy atom. The van der Waals surface area contributed by atoms with E-state index in [1.807, 2.05) is 6.07 Å². The molecule has 19 heavy (non-hydrogen) atoms. The highest BCUT2D eigenvalue weighted by Crippen LogP contribution is 2.36. The van der Waals surface area contributed by atoms with Crippen molar-refractivity contribution in [3.8, 4) is 6.07 Å². The topological polar surface area (TPSA) is 65.9 Å². The Bertz CT molecular complexity index is 611. The molecule has 4 nitrogen and oxygen atoms in total. The van der Waals surface area contributed by atoms with Crippen molar-refractivity contribution in [2.45, 2.75) is 25.4 Å². The largest absolute Gasteiger partial charge is 0.395 e. The second-order valence-electron chi connectivity index (χ2n) is 4.65. The summed E-state index contributed by atoms with van der Waals surface area (Å²) in [6.45, 7) is 0.814. The van der Waals surface area contributed by atoms with Crippen LogP contribution in [0, 0.1) is 11.3 Å². The molecule has 1 saturated carbocycles. The molecule has 2 heterocycles. The first-order valence-corrected chi connectivity index (χ1v) is 7.11. The van der Waals surface area contributed by atoms with E-state index in [1.165, 1.54) is 17.7 Å². The van der Waals surface area contributed by atoms with Gasteiger partial charge in [0.05, 0.1) is 17.8 Å². The van der Waals surface area contributed by atoms with Gasteiger partial charge in [-0.1, -0.05) is 6.07 Å². The maximum atomic E-state index is 9.06. The summed E-state index contributed by atoms with van der Waals surface area (Å²) in [6.07, 6.45) is 4.00. The summed E-state index contributed by atoms with van der Waals surface area (Å²) in [5, 5.41) is 11.1. The number of anilines is 2. The van der Waals surface area contributed by atoms with Gasteiger partial charge in [0.2, 0.25) is 0 Å². The minimum absolute atomic E-state index is 0.494. The third-order valence-corrected chi connectivity index (χ3v) is 4.12. The van der Waals surface area contributed by atoms with E-state index in [9.17, 15) is 0 Å². The Morgan fingerprint density at radius 2 is 2.32 bits per heavy atom. The van der Waals surface area contributed by atoms with Crippen LogP contribution in [-0.4, -0.2) is 11.0 Å². The van der Waals surface area contributed by atoms with Crippen molar-refractivity contribution in [2.75, 3.05) is 10.6 Å². The van der Waals surface area contributed by atoms with E-state index < -0.39 is 0 Å². The lowest BCUT2D eigenvalue weighted by Gasteiger charge is -2.24. The Balaban J connectivity index is 1.94. The molecule has 0 amide bonds. The first-order chi connectivity index (χ1) is 9.29. The average Bonchev–Trinajstić information content (AvgIpc) is 3.14. The van der Waals surface area contributed by atoms with Crippen LogP contribution in [0.25, 0.3) is 0 Å². The van der Waals surface area contributed by atoms with Gasteiger partial charge in [0.25, 0.3) is 0 Å². The van der Waals surface area contributed by atoms with Gasteiger partial charge in [-0.25, -0.2) is 4.98 Å². The van der Waals surface area contributed by atoms with Crippen LogP contribution in [0.15, 0.2) is 29.8 Å². The van der Waals surface area contributed by atoms with Gasteiger partial charge < -0.3 is 10.6 Å². The van der Waals surface area contributed by atoms with E-state index in [2.05, 4.69) is 27.4 Å². The van der Waals surface area contributed by atoms with Gasteiger partial charge >= 0.3 is 0 Å². The number of hydrogen-bond acceptors (Lipinski definition) is 5. The lowest BCUT2D eigenvalue weighted by Crippen LogP contribution is -2.26. The first-order valence-electron chi connectivity index (χ1n) is 6.23. The summed E-state index contributed by atoms with van der Waals surface area (Å²) >= 11 is 1.73. The monoisotopic (exact) mass is 270 g/mol. The predicted molar refractivity (Wildman–Crippen MR) is 76.9 cm³/mol. The van der Waals surface area contributed by atoms with Gasteiger partial charge in [0.1, 0.15) is 6.07 Å². The molecule has 3 rings (SSSR count). The number of nitrogens with zero attached hydrogens (tertiary/aromatic N) is 3. The molecule has 1 fully saturated rings. The number of rotatable bonds is 4. The Morgan fingerprint density at radius 3 is 2.95 bits per heavy atom. The maximum absolute atomic E-state index is 9.06. The second-order valence-corrected chi connectivity index (χ2v) is 5.68. The molecule has 0 saturated heterocycles. The smallest absolute Gasteiger partial charge is 0.153 e. The van der Waals surface area contributed by atoms with Gasteiger partial charge in [0, 0.05) is 17.1 Å². The molecule has 0 bridgehead atoms. The Hall–Kier alpha value is -2.06. The Labute approximate surface area is 116 Å². The molecule has 0 atom stereocenters. The number of nitrogen functional groups attached to an aromatic ring is 1. The molecular weight excluding hydrogens is 256 g/mol. The van der Waals surface area contributed by atoms with Crippen molar-refractivity contribution < 1.29 is 0 Å². The fourth-order valence-electron chi connectivity index (χ4n) is 2.12. The average molecular weight is 270 g/mol. The summed E-state index contributed by atoms with van der Waals surface area (Å²) in [7, 11) is 0. The van der Waals surface area contributed by atoms with Crippen LogP contribution < -0.4 is 10.6 Å². The molecule has 1 aliphatic rings. The molecule has 2 aromatic rings. The number of nitriles is 1. The van der Waals surface area contributed by atoms with Crippen LogP contribution in [0.5, 0.6) is 0 Å². The van der Waals surface area contributed by atoms with E-state index in [-0.39, 0.29) is 0 Å². The Kier molecular flexibility index (Phi) is 3.10. The highest BCUT2D eigenvalue weighted by Gasteiger charge is 2.31. The van der Waals surface area contributed by atoms with Crippen molar-refractivity contribution in [3.63, 3.8) is 0 Å². The fourth-order valence-corrected chi connectivity index (χ4v) is 2.82. The summed E-state index contributed by atoms with van der Waals surface area (Å²) in [4.78, 5) is 7.90. The van der Waals surface area contributed by atoms with Crippen LogP contribution in [0.1, 0.15) is 23.3 Å². The minimum atomic E-state index is 0.494. The molecule has 1 aliphatic carbocycles. The number of pyridine rings is 1. The van der Waals surface area contributed by atoms with Crippen molar-refractivity contribution >= 4 is 22.8 Å². The number of aromatic nitrogens is 1. The maximum Gasteiger partial charge on any atom is 0.153 e. The molecule has 96 valence electrons. The van der Waals surface area contributed by atoms with Gasteiger partial charge in [0.15, 0.2) is 5.82 Å². The number of thiophene rings is 1. The molecule has 0 aromatic carbocycles. The SMILES string of the molecule is N#Cc1ccnc(N(Cc2cccs2)C2CC2)c1N. The van der Waals surface area contributed by atoms with Crippen molar-refractivity contribution in [3.05, 3.63) is 40.2 Å². The van der Waals surface area contributed by atoms with Crippen LogP contribution >= 0.6 is 11.3 Å². The van der Waals surface area contributed by atoms with Crippen LogP contribution in [0.4, 0.5) is 11.5 Å². The van der Waals surface area contributed by atoms with E-state index in [1.54, 1.807) is 23.6 Å². The van der Waals surface area contributed by atoms with E-state index in [4.69, 9.17) is 11.0 Å². The van der Waals surface area contributed by atoms with Crippen LogP contribution in [-0.2, 0) is 6.54 Å². The summed E-state index contributed by atoms with van der Waals surface area (Å²) in [5.74, 6) is 0.745. The van der Waals surface area contributed by atoms with E-state index in [0.29, 0.717) is 17.3 Å². The quantitative estimate of drug-likeness (QED) is 0.927. The summed E-state index contributed by atoms with van der Waals surface area (Å²) < 4.78 is 0. The standard InChI is InChI=1S/C14H14N4S/c15-8-10-5-6-17-14(13(10)16)18(11-3-4-11)9-12-2-1-7-19-12/h1-2,5-7,11H,3-4,9,16H2.